The van der Waals surface area contributed by atoms with E-state index in [1.165, 1.54) is 18.2 Å². The van der Waals surface area contributed by atoms with Crippen molar-refractivity contribution in [3.63, 3.8) is 0 Å². The van der Waals surface area contributed by atoms with Crippen molar-refractivity contribution < 1.29 is 27.4 Å². The van der Waals surface area contributed by atoms with Gasteiger partial charge in [-0.25, -0.2) is 9.78 Å². The number of alkyl halides is 3. The van der Waals surface area contributed by atoms with Crippen molar-refractivity contribution in [3.05, 3.63) is 65.6 Å². The Morgan fingerprint density at radius 1 is 1.14 bits per heavy atom. The molecule has 190 valence electrons. The molecule has 2 amide bonds. The van der Waals surface area contributed by atoms with E-state index in [0.29, 0.717) is 54.5 Å². The van der Waals surface area contributed by atoms with Gasteiger partial charge in [0.1, 0.15) is 16.5 Å². The number of hydrogen-bond acceptors (Lipinski definition) is 6. The number of ether oxygens (including phenoxy) is 2. The van der Waals surface area contributed by atoms with Gasteiger partial charge in [-0.1, -0.05) is 11.6 Å². The predicted molar refractivity (Wildman–Crippen MR) is 129 cm³/mol. The molecule has 0 bridgehead atoms. The monoisotopic (exact) mass is 521 g/mol. The van der Waals surface area contributed by atoms with E-state index < -0.39 is 6.36 Å². The largest absolute Gasteiger partial charge is 0.573 e. The highest BCUT2D eigenvalue weighted by atomic mass is 35.5. The predicted octanol–water partition coefficient (Wildman–Crippen LogP) is 5.92. The summed E-state index contributed by atoms with van der Waals surface area (Å²) < 4.78 is 47.2. The molecule has 1 fully saturated rings. The number of halogens is 4. The number of urea groups is 1. The van der Waals surface area contributed by atoms with Gasteiger partial charge >= 0.3 is 12.4 Å². The van der Waals surface area contributed by atoms with Gasteiger partial charge in [-0.15, -0.1) is 13.2 Å². The molecule has 0 saturated carbocycles. The number of carbonyl (C=O) groups is 1. The molecule has 0 spiro atoms. The zero-order chi connectivity index (χ0) is 25.7. The summed E-state index contributed by atoms with van der Waals surface area (Å²) in [4.78, 5) is 22.6. The Labute approximate surface area is 210 Å². The minimum absolute atomic E-state index is 0.0174. The lowest BCUT2D eigenvalue weighted by Gasteiger charge is -2.33. The van der Waals surface area contributed by atoms with Crippen molar-refractivity contribution in [2.75, 3.05) is 23.3 Å². The minimum atomic E-state index is -4.77. The van der Waals surface area contributed by atoms with Crippen LogP contribution in [-0.4, -0.2) is 41.5 Å². The van der Waals surface area contributed by atoms with E-state index in [2.05, 4.69) is 25.3 Å². The highest BCUT2D eigenvalue weighted by Gasteiger charge is 2.31. The second-order valence-electron chi connectivity index (χ2n) is 8.13. The summed E-state index contributed by atoms with van der Waals surface area (Å²) in [5.41, 5.74) is 1.06. The third kappa shape index (κ3) is 6.69. The van der Waals surface area contributed by atoms with Gasteiger partial charge in [0.25, 0.3) is 0 Å². The van der Waals surface area contributed by atoms with Crippen molar-refractivity contribution in [1.29, 1.82) is 0 Å². The maximum Gasteiger partial charge on any atom is 0.573 e. The van der Waals surface area contributed by atoms with E-state index in [1.807, 2.05) is 4.90 Å². The van der Waals surface area contributed by atoms with Crippen LogP contribution >= 0.6 is 11.6 Å². The standard InChI is InChI=1S/C24H23ClF3N5O3/c1-15-13-18(36-24(26,27)28)4-5-19(15)35-20-6-10-30-22(21(20)25)33-11-7-16(8-12-33)31-23(34)32-17-3-2-9-29-14-17/h2-6,9-10,13-14,16H,7-8,11-12H2,1H3,(H2,31,32,34). The van der Waals surface area contributed by atoms with E-state index in [4.69, 9.17) is 16.3 Å². The van der Waals surface area contributed by atoms with Crippen LogP contribution in [0.2, 0.25) is 5.02 Å². The van der Waals surface area contributed by atoms with E-state index in [9.17, 15) is 18.0 Å². The highest BCUT2D eigenvalue weighted by Crippen LogP contribution is 2.38. The van der Waals surface area contributed by atoms with Gasteiger partial charge in [0, 0.05) is 37.6 Å². The number of aromatic nitrogens is 2. The Hall–Kier alpha value is -3.73. The molecule has 0 atom stereocenters. The maximum absolute atomic E-state index is 12.5. The summed E-state index contributed by atoms with van der Waals surface area (Å²) in [6, 6.07) is 8.56. The van der Waals surface area contributed by atoms with Gasteiger partial charge < -0.3 is 25.0 Å². The Morgan fingerprint density at radius 3 is 2.58 bits per heavy atom. The second-order valence-corrected chi connectivity index (χ2v) is 8.50. The summed E-state index contributed by atoms with van der Waals surface area (Å²) in [5.74, 6) is 0.859. The van der Waals surface area contributed by atoms with Gasteiger partial charge in [-0.2, -0.15) is 0 Å². The van der Waals surface area contributed by atoms with Crippen molar-refractivity contribution >= 4 is 29.1 Å². The smallest absolute Gasteiger partial charge is 0.455 e. The molecule has 0 radical (unpaired) electrons. The average molecular weight is 522 g/mol. The van der Waals surface area contributed by atoms with Gasteiger partial charge in [0.05, 0.1) is 11.9 Å². The lowest BCUT2D eigenvalue weighted by Crippen LogP contribution is -2.46. The van der Waals surface area contributed by atoms with Gasteiger partial charge in [-0.05, 0) is 55.7 Å². The summed E-state index contributed by atoms with van der Waals surface area (Å²) in [6.45, 7) is 2.82. The van der Waals surface area contributed by atoms with Crippen LogP contribution in [0.4, 0.5) is 29.5 Å². The summed E-state index contributed by atoms with van der Waals surface area (Å²) in [6.07, 6.45) is 1.34. The topological polar surface area (TPSA) is 88.6 Å². The fourth-order valence-corrected chi connectivity index (χ4v) is 4.06. The summed E-state index contributed by atoms with van der Waals surface area (Å²) in [5, 5.41) is 6.00. The van der Waals surface area contributed by atoms with Crippen molar-refractivity contribution in [2.24, 2.45) is 0 Å². The molecule has 3 aromatic rings. The molecule has 4 rings (SSSR count). The first-order chi connectivity index (χ1) is 17.2. The lowest BCUT2D eigenvalue weighted by atomic mass is 10.1. The number of nitrogens with one attached hydrogen (secondary N) is 2. The molecule has 36 heavy (non-hydrogen) atoms. The first-order valence-corrected chi connectivity index (χ1v) is 11.5. The van der Waals surface area contributed by atoms with E-state index in [0.717, 1.165) is 0 Å². The third-order valence-corrected chi connectivity index (χ3v) is 5.84. The first kappa shape index (κ1) is 25.4. The van der Waals surface area contributed by atoms with Crippen LogP contribution in [0.5, 0.6) is 17.2 Å². The van der Waals surface area contributed by atoms with Crippen molar-refractivity contribution in [3.8, 4) is 17.2 Å². The van der Waals surface area contributed by atoms with Crippen molar-refractivity contribution in [1.82, 2.24) is 15.3 Å². The SMILES string of the molecule is Cc1cc(OC(F)(F)F)ccc1Oc1ccnc(N2CCC(NC(=O)Nc3cccnc3)CC2)c1Cl. The number of rotatable bonds is 6. The van der Waals surface area contributed by atoms with Gasteiger partial charge in [-0.3, -0.25) is 4.98 Å². The maximum atomic E-state index is 12.5. The molecule has 3 heterocycles. The van der Waals surface area contributed by atoms with Crippen molar-refractivity contribution in [2.45, 2.75) is 32.2 Å². The van der Waals surface area contributed by atoms with Crippen LogP contribution < -0.4 is 25.0 Å². The Balaban J connectivity index is 1.36. The molecule has 2 aromatic heterocycles. The number of amides is 2. The molecule has 12 heteroatoms. The minimum Gasteiger partial charge on any atom is -0.455 e. The molecule has 1 aliphatic heterocycles. The molecule has 1 saturated heterocycles. The molecule has 8 nitrogen and oxygen atoms in total. The Morgan fingerprint density at radius 2 is 1.92 bits per heavy atom. The Bertz CT molecular complexity index is 1210. The third-order valence-electron chi connectivity index (χ3n) is 5.48. The molecular formula is C24H23ClF3N5O3. The molecule has 0 unspecified atom stereocenters. The zero-order valence-electron chi connectivity index (χ0n) is 19.2. The fourth-order valence-electron chi connectivity index (χ4n) is 3.79. The molecular weight excluding hydrogens is 499 g/mol. The lowest BCUT2D eigenvalue weighted by molar-refractivity contribution is -0.274. The van der Waals surface area contributed by atoms with Crippen LogP contribution in [-0.2, 0) is 0 Å². The number of anilines is 2. The normalized spacial score (nSPS) is 14.3. The number of hydrogen-bond donors (Lipinski definition) is 2. The van der Waals surface area contributed by atoms with Crippen LogP contribution in [0.1, 0.15) is 18.4 Å². The quantitative estimate of drug-likeness (QED) is 0.418. The molecule has 1 aliphatic rings. The highest BCUT2D eigenvalue weighted by molar-refractivity contribution is 6.34. The number of benzene rings is 1. The Kier molecular flexibility index (Phi) is 7.68. The van der Waals surface area contributed by atoms with Crippen LogP contribution in [0.3, 0.4) is 0 Å². The average Bonchev–Trinajstić information content (AvgIpc) is 2.82. The summed E-state index contributed by atoms with van der Waals surface area (Å²) in [7, 11) is 0. The number of carbonyl (C=O) groups excluding carboxylic acids is 1. The van der Waals surface area contributed by atoms with E-state index >= 15 is 0 Å². The van der Waals surface area contributed by atoms with Crippen LogP contribution in [0.25, 0.3) is 0 Å². The first-order valence-electron chi connectivity index (χ1n) is 11.1. The summed E-state index contributed by atoms with van der Waals surface area (Å²) >= 11 is 6.59. The number of nitrogens with zero attached hydrogens (tertiary/aromatic N) is 3. The fraction of sp³-hybridized carbons (Fsp3) is 0.292. The number of pyridine rings is 2. The van der Waals surface area contributed by atoms with Crippen LogP contribution in [0.15, 0.2) is 55.0 Å². The van der Waals surface area contributed by atoms with E-state index in [1.54, 1.807) is 43.7 Å². The van der Waals surface area contributed by atoms with Gasteiger partial charge in [0.2, 0.25) is 0 Å². The molecule has 1 aromatic carbocycles. The molecule has 2 N–H and O–H groups in total. The van der Waals surface area contributed by atoms with Crippen LogP contribution in [0, 0.1) is 6.92 Å². The molecule has 0 aliphatic carbocycles. The number of piperidine rings is 1. The zero-order valence-corrected chi connectivity index (χ0v) is 19.9. The number of aryl methyl sites for hydroxylation is 1. The second kappa shape index (κ2) is 10.9. The van der Waals surface area contributed by atoms with Gasteiger partial charge in [0.15, 0.2) is 11.6 Å². The van der Waals surface area contributed by atoms with E-state index in [-0.39, 0.29) is 22.8 Å².